The molecule has 0 bridgehead atoms. The molecule has 0 radical (unpaired) electrons. The highest BCUT2D eigenvalue weighted by Crippen LogP contribution is 2.40. The van der Waals surface area contributed by atoms with E-state index in [1.54, 1.807) is 13.4 Å². The van der Waals surface area contributed by atoms with Gasteiger partial charge in [0.1, 0.15) is 12.1 Å². The van der Waals surface area contributed by atoms with Crippen LogP contribution in [0.5, 0.6) is 5.75 Å². The fourth-order valence-corrected chi connectivity index (χ4v) is 3.65. The lowest BCUT2D eigenvalue weighted by Crippen LogP contribution is -2.28. The minimum absolute atomic E-state index is 0.0830. The molecule has 2 heterocycles. The van der Waals surface area contributed by atoms with E-state index in [0.717, 1.165) is 23.7 Å². The second-order valence-corrected chi connectivity index (χ2v) is 7.04. The number of nitrogens with zero attached hydrogens (tertiary/aromatic N) is 3. The van der Waals surface area contributed by atoms with Crippen LogP contribution in [0, 0.1) is 0 Å². The number of para-hydroxylation sites is 1. The molecule has 3 aromatic rings. The highest BCUT2D eigenvalue weighted by atomic mass is 16.5. The molecule has 4 rings (SSSR count). The molecule has 1 aromatic heterocycles. The summed E-state index contributed by atoms with van der Waals surface area (Å²) in [5.41, 5.74) is 3.75. The van der Waals surface area contributed by atoms with Crippen molar-refractivity contribution in [2.45, 2.75) is 38.3 Å². The second kappa shape index (κ2) is 6.83. The number of rotatable bonds is 4. The molecule has 26 heavy (non-hydrogen) atoms. The number of fused-ring (bicyclic) bond motifs is 1. The lowest BCUT2D eigenvalue weighted by molar-refractivity contribution is 0.380. The first kappa shape index (κ1) is 16.6. The van der Waals surface area contributed by atoms with Gasteiger partial charge in [0.2, 0.25) is 5.95 Å². The molecule has 0 amide bonds. The van der Waals surface area contributed by atoms with Gasteiger partial charge in [0.25, 0.3) is 0 Å². The van der Waals surface area contributed by atoms with Gasteiger partial charge in [0, 0.05) is 5.56 Å². The Morgan fingerprint density at radius 2 is 1.88 bits per heavy atom. The Bertz CT molecular complexity index is 885. The van der Waals surface area contributed by atoms with E-state index in [1.165, 1.54) is 11.1 Å². The van der Waals surface area contributed by atoms with E-state index in [1.807, 2.05) is 22.9 Å². The number of nitrogens with one attached hydrogen (secondary N) is 1. The second-order valence-electron chi connectivity index (χ2n) is 7.04. The van der Waals surface area contributed by atoms with Crippen molar-refractivity contribution in [2.75, 3.05) is 12.4 Å². The van der Waals surface area contributed by atoms with E-state index in [4.69, 9.17) is 4.74 Å². The third-order valence-corrected chi connectivity index (χ3v) is 5.13. The van der Waals surface area contributed by atoms with Crippen molar-refractivity contribution in [1.29, 1.82) is 0 Å². The van der Waals surface area contributed by atoms with Crippen LogP contribution >= 0.6 is 0 Å². The molecular formula is C21H24N4O. The Hall–Kier alpha value is -2.82. The predicted octanol–water partition coefficient (Wildman–Crippen LogP) is 4.56. The number of anilines is 1. The smallest absolute Gasteiger partial charge is 0.222 e. The summed E-state index contributed by atoms with van der Waals surface area (Å²) in [5.74, 6) is 2.22. The molecule has 2 atom stereocenters. The van der Waals surface area contributed by atoms with Gasteiger partial charge >= 0.3 is 0 Å². The van der Waals surface area contributed by atoms with Crippen LogP contribution in [0.1, 0.15) is 55.0 Å². The first-order valence-electron chi connectivity index (χ1n) is 9.06. The summed E-state index contributed by atoms with van der Waals surface area (Å²) in [6.45, 7) is 4.43. The van der Waals surface area contributed by atoms with Crippen molar-refractivity contribution in [3.8, 4) is 5.75 Å². The van der Waals surface area contributed by atoms with Gasteiger partial charge in [-0.25, -0.2) is 4.68 Å². The van der Waals surface area contributed by atoms with Gasteiger partial charge in [-0.3, -0.25) is 0 Å². The molecule has 5 heteroatoms. The Morgan fingerprint density at radius 3 is 2.62 bits per heavy atom. The van der Waals surface area contributed by atoms with Gasteiger partial charge in [-0.1, -0.05) is 56.3 Å². The third kappa shape index (κ3) is 2.94. The van der Waals surface area contributed by atoms with Crippen molar-refractivity contribution in [3.05, 3.63) is 71.5 Å². The summed E-state index contributed by atoms with van der Waals surface area (Å²) in [6.07, 6.45) is 2.49. The van der Waals surface area contributed by atoms with Gasteiger partial charge in [-0.15, -0.1) is 0 Å². The highest BCUT2D eigenvalue weighted by molar-refractivity contribution is 5.43. The fourth-order valence-electron chi connectivity index (χ4n) is 3.65. The molecular weight excluding hydrogens is 324 g/mol. The SMILES string of the molecule is COc1ccccc1[C@@H]1C[C@@H](c2ccc(C(C)C)cc2)Nc2ncnn21. The number of methoxy groups -OCH3 is 1. The molecule has 134 valence electrons. The van der Waals surface area contributed by atoms with Crippen molar-refractivity contribution >= 4 is 5.95 Å². The normalized spacial score (nSPS) is 19.1. The zero-order chi connectivity index (χ0) is 18.1. The molecule has 1 aliphatic heterocycles. The minimum atomic E-state index is 0.0830. The highest BCUT2D eigenvalue weighted by Gasteiger charge is 2.31. The first-order valence-corrected chi connectivity index (χ1v) is 9.06. The topological polar surface area (TPSA) is 52.0 Å². The summed E-state index contributed by atoms with van der Waals surface area (Å²) in [6, 6.07) is 17.3. The van der Waals surface area contributed by atoms with Crippen LogP contribution < -0.4 is 10.1 Å². The molecule has 0 saturated heterocycles. The van der Waals surface area contributed by atoms with Crippen LogP contribution in [0.25, 0.3) is 0 Å². The molecule has 5 nitrogen and oxygen atoms in total. The van der Waals surface area contributed by atoms with Gasteiger partial charge < -0.3 is 10.1 Å². The summed E-state index contributed by atoms with van der Waals surface area (Å²) in [4.78, 5) is 4.41. The zero-order valence-corrected chi connectivity index (χ0v) is 15.4. The summed E-state index contributed by atoms with van der Waals surface area (Å²) in [5, 5.41) is 7.97. The standard InChI is InChI=1S/C21H24N4O/c1-14(2)15-8-10-16(11-9-15)18-12-19(25-21(24-18)22-13-23-25)17-6-4-5-7-20(17)26-3/h4-11,13-14,18-19H,12H2,1-3H3,(H,22,23,24)/t18-,19-/m0/s1. The Labute approximate surface area is 154 Å². The Morgan fingerprint density at radius 1 is 1.12 bits per heavy atom. The van der Waals surface area contributed by atoms with E-state index >= 15 is 0 Å². The Balaban J connectivity index is 1.70. The average molecular weight is 348 g/mol. The van der Waals surface area contributed by atoms with Crippen LogP contribution in [-0.2, 0) is 0 Å². The number of aromatic nitrogens is 3. The zero-order valence-electron chi connectivity index (χ0n) is 15.4. The number of benzene rings is 2. The van der Waals surface area contributed by atoms with E-state index < -0.39 is 0 Å². The minimum Gasteiger partial charge on any atom is -0.496 e. The van der Waals surface area contributed by atoms with E-state index in [0.29, 0.717) is 5.92 Å². The molecule has 2 aromatic carbocycles. The van der Waals surface area contributed by atoms with Crippen LogP contribution in [0.3, 0.4) is 0 Å². The predicted molar refractivity (Wildman–Crippen MR) is 103 cm³/mol. The van der Waals surface area contributed by atoms with Crippen LogP contribution in [0.15, 0.2) is 54.9 Å². The third-order valence-electron chi connectivity index (χ3n) is 5.13. The molecule has 0 spiro atoms. The fraction of sp³-hybridized carbons (Fsp3) is 0.333. The number of hydrogen-bond donors (Lipinski definition) is 1. The maximum absolute atomic E-state index is 5.59. The lowest BCUT2D eigenvalue weighted by atomic mass is 9.91. The maximum atomic E-state index is 5.59. The lowest BCUT2D eigenvalue weighted by Gasteiger charge is -2.32. The quantitative estimate of drug-likeness (QED) is 0.751. The van der Waals surface area contributed by atoms with Crippen LogP contribution in [-0.4, -0.2) is 21.9 Å². The Kier molecular flexibility index (Phi) is 4.37. The van der Waals surface area contributed by atoms with Crippen molar-refractivity contribution < 1.29 is 4.74 Å². The maximum Gasteiger partial charge on any atom is 0.222 e. The van der Waals surface area contributed by atoms with Gasteiger partial charge in [0.05, 0.1) is 19.2 Å². The van der Waals surface area contributed by atoms with Crippen molar-refractivity contribution in [3.63, 3.8) is 0 Å². The average Bonchev–Trinajstić information content (AvgIpc) is 3.16. The molecule has 0 unspecified atom stereocenters. The largest absolute Gasteiger partial charge is 0.496 e. The van der Waals surface area contributed by atoms with Crippen molar-refractivity contribution in [2.24, 2.45) is 0 Å². The van der Waals surface area contributed by atoms with Gasteiger partial charge in [0.15, 0.2) is 0 Å². The van der Waals surface area contributed by atoms with E-state index in [-0.39, 0.29) is 12.1 Å². The van der Waals surface area contributed by atoms with E-state index in [9.17, 15) is 0 Å². The van der Waals surface area contributed by atoms with Gasteiger partial charge in [-0.2, -0.15) is 10.1 Å². The van der Waals surface area contributed by atoms with E-state index in [2.05, 4.69) is 59.6 Å². The van der Waals surface area contributed by atoms with Crippen LogP contribution in [0.2, 0.25) is 0 Å². The monoisotopic (exact) mass is 348 g/mol. The molecule has 0 saturated carbocycles. The van der Waals surface area contributed by atoms with Gasteiger partial charge in [-0.05, 0) is 29.5 Å². The molecule has 1 aliphatic rings. The summed E-state index contributed by atoms with van der Waals surface area (Å²) < 4.78 is 7.55. The summed E-state index contributed by atoms with van der Waals surface area (Å²) in [7, 11) is 1.71. The number of hydrogen-bond acceptors (Lipinski definition) is 4. The first-order chi connectivity index (χ1) is 12.7. The van der Waals surface area contributed by atoms with Crippen LogP contribution in [0.4, 0.5) is 5.95 Å². The summed E-state index contributed by atoms with van der Waals surface area (Å²) >= 11 is 0. The molecule has 0 fully saturated rings. The van der Waals surface area contributed by atoms with Crippen molar-refractivity contribution in [1.82, 2.24) is 14.8 Å². The number of ether oxygens (including phenoxy) is 1. The molecule has 1 N–H and O–H groups in total. The molecule has 0 aliphatic carbocycles.